The number of hydrogen-bond donors (Lipinski definition) is 1. The Morgan fingerprint density at radius 2 is 2.30 bits per heavy atom. The first-order chi connectivity index (χ1) is 9.83. The van der Waals surface area contributed by atoms with Crippen molar-refractivity contribution in [2.75, 3.05) is 27.4 Å². The summed E-state index contributed by atoms with van der Waals surface area (Å²) in [6.45, 7) is 2.44. The maximum atomic E-state index is 5.90. The van der Waals surface area contributed by atoms with Gasteiger partial charge >= 0.3 is 0 Å². The molecule has 0 aromatic heterocycles. The molecule has 2 rings (SSSR count). The first-order valence-corrected chi connectivity index (χ1v) is 7.39. The van der Waals surface area contributed by atoms with E-state index in [1.54, 1.807) is 7.11 Å². The van der Waals surface area contributed by atoms with Crippen LogP contribution in [0.3, 0.4) is 0 Å². The third-order valence-electron chi connectivity index (χ3n) is 3.59. The summed E-state index contributed by atoms with van der Waals surface area (Å²) in [4.78, 5) is 0. The van der Waals surface area contributed by atoms with Crippen LogP contribution in [-0.2, 0) is 11.3 Å². The lowest BCUT2D eigenvalue weighted by molar-refractivity contribution is 0.0981. The third kappa shape index (κ3) is 4.39. The van der Waals surface area contributed by atoms with E-state index in [2.05, 4.69) is 5.32 Å². The van der Waals surface area contributed by atoms with Crippen molar-refractivity contribution in [2.45, 2.75) is 38.3 Å². The van der Waals surface area contributed by atoms with Crippen LogP contribution in [0.5, 0.6) is 11.5 Å². The topological polar surface area (TPSA) is 39.7 Å². The van der Waals surface area contributed by atoms with Crippen molar-refractivity contribution in [3.8, 4) is 11.5 Å². The summed E-state index contributed by atoms with van der Waals surface area (Å²) in [5.74, 6) is 1.80. The van der Waals surface area contributed by atoms with Gasteiger partial charge < -0.3 is 19.5 Å². The van der Waals surface area contributed by atoms with E-state index in [4.69, 9.17) is 14.2 Å². The van der Waals surface area contributed by atoms with E-state index in [0.717, 1.165) is 49.7 Å². The molecular weight excluding hydrogens is 254 g/mol. The number of methoxy groups -OCH3 is 1. The van der Waals surface area contributed by atoms with Crippen molar-refractivity contribution >= 4 is 0 Å². The van der Waals surface area contributed by atoms with Crippen molar-refractivity contribution in [2.24, 2.45) is 0 Å². The molecule has 0 saturated carbocycles. The van der Waals surface area contributed by atoms with Crippen molar-refractivity contribution in [1.82, 2.24) is 5.32 Å². The van der Waals surface area contributed by atoms with Gasteiger partial charge in [-0.25, -0.2) is 0 Å². The lowest BCUT2D eigenvalue weighted by atomic mass is 10.1. The van der Waals surface area contributed by atoms with Gasteiger partial charge in [0, 0.05) is 18.7 Å². The minimum absolute atomic E-state index is 0.450. The highest BCUT2D eigenvalue weighted by atomic mass is 16.5. The maximum absolute atomic E-state index is 5.90. The molecule has 112 valence electrons. The first kappa shape index (κ1) is 15.1. The highest BCUT2D eigenvalue weighted by Crippen LogP contribution is 2.24. The fourth-order valence-electron chi connectivity index (χ4n) is 2.52. The van der Waals surface area contributed by atoms with E-state index in [9.17, 15) is 0 Å². The Bertz CT molecular complexity index is 403. The van der Waals surface area contributed by atoms with Gasteiger partial charge in [0.05, 0.1) is 19.8 Å². The molecule has 20 heavy (non-hydrogen) atoms. The lowest BCUT2D eigenvalue weighted by Gasteiger charge is -2.14. The summed E-state index contributed by atoms with van der Waals surface area (Å²) >= 11 is 0. The quantitative estimate of drug-likeness (QED) is 0.743. The predicted molar refractivity (Wildman–Crippen MR) is 79.5 cm³/mol. The minimum atomic E-state index is 0.450. The Kier molecular flexibility index (Phi) is 6.15. The van der Waals surface area contributed by atoms with E-state index < -0.39 is 0 Å². The van der Waals surface area contributed by atoms with Crippen LogP contribution in [-0.4, -0.2) is 33.5 Å². The molecule has 0 amide bonds. The van der Waals surface area contributed by atoms with E-state index >= 15 is 0 Å². The zero-order valence-corrected chi connectivity index (χ0v) is 12.5. The van der Waals surface area contributed by atoms with Gasteiger partial charge in [0.2, 0.25) is 0 Å². The summed E-state index contributed by atoms with van der Waals surface area (Å²) in [5, 5.41) is 3.16. The number of nitrogens with one attached hydrogen (secondary N) is 1. The lowest BCUT2D eigenvalue weighted by Crippen LogP contribution is -2.10. The van der Waals surface area contributed by atoms with Crippen LogP contribution in [0.4, 0.5) is 0 Å². The van der Waals surface area contributed by atoms with Crippen LogP contribution in [0.25, 0.3) is 0 Å². The zero-order chi connectivity index (χ0) is 14.2. The maximum Gasteiger partial charge on any atom is 0.124 e. The molecule has 1 fully saturated rings. The SMILES string of the molecule is CNCc1cc(OC)ccc1OCCCC1CCCO1. The van der Waals surface area contributed by atoms with Crippen LogP contribution in [0.15, 0.2) is 18.2 Å². The Labute approximate surface area is 121 Å². The molecule has 0 bridgehead atoms. The fraction of sp³-hybridized carbons (Fsp3) is 0.625. The molecule has 1 aliphatic rings. The summed E-state index contributed by atoms with van der Waals surface area (Å²) in [7, 11) is 3.61. The third-order valence-corrected chi connectivity index (χ3v) is 3.59. The molecule has 1 unspecified atom stereocenters. The number of benzene rings is 1. The number of ether oxygens (including phenoxy) is 3. The second-order valence-electron chi connectivity index (χ2n) is 5.13. The fourth-order valence-corrected chi connectivity index (χ4v) is 2.52. The van der Waals surface area contributed by atoms with Gasteiger partial charge in [-0.1, -0.05) is 0 Å². The predicted octanol–water partition coefficient (Wildman–Crippen LogP) is 2.75. The van der Waals surface area contributed by atoms with Crippen LogP contribution in [0.2, 0.25) is 0 Å². The molecule has 1 heterocycles. The monoisotopic (exact) mass is 279 g/mol. The molecule has 1 aromatic carbocycles. The standard InChI is InChI=1S/C16H25NO3/c1-17-12-13-11-15(18-2)7-8-16(13)20-10-4-6-14-5-3-9-19-14/h7-8,11,14,17H,3-6,9-10,12H2,1-2H3. The normalized spacial score (nSPS) is 18.2. The second-order valence-corrected chi connectivity index (χ2v) is 5.13. The smallest absolute Gasteiger partial charge is 0.124 e. The van der Waals surface area contributed by atoms with Crippen LogP contribution >= 0.6 is 0 Å². The molecule has 0 aliphatic carbocycles. The molecule has 1 atom stereocenters. The summed E-state index contributed by atoms with van der Waals surface area (Å²) in [5.41, 5.74) is 1.13. The second kappa shape index (κ2) is 8.12. The average Bonchev–Trinajstić information content (AvgIpc) is 2.98. The Morgan fingerprint density at radius 3 is 3.00 bits per heavy atom. The Morgan fingerprint density at radius 1 is 1.40 bits per heavy atom. The average molecular weight is 279 g/mol. The van der Waals surface area contributed by atoms with E-state index in [1.807, 2.05) is 25.2 Å². The van der Waals surface area contributed by atoms with E-state index in [-0.39, 0.29) is 0 Å². The summed E-state index contributed by atoms with van der Waals surface area (Å²) in [6.07, 6.45) is 4.99. The highest BCUT2D eigenvalue weighted by Gasteiger charge is 2.14. The van der Waals surface area contributed by atoms with Gasteiger partial charge in [-0.15, -0.1) is 0 Å². The van der Waals surface area contributed by atoms with Gasteiger partial charge in [0.25, 0.3) is 0 Å². The molecule has 1 aliphatic heterocycles. The molecule has 1 aromatic rings. The molecular formula is C16H25NO3. The van der Waals surface area contributed by atoms with Crippen LogP contribution in [0.1, 0.15) is 31.2 Å². The zero-order valence-electron chi connectivity index (χ0n) is 12.5. The molecule has 1 saturated heterocycles. The molecule has 0 radical (unpaired) electrons. The first-order valence-electron chi connectivity index (χ1n) is 7.39. The summed E-state index contributed by atoms with van der Waals surface area (Å²) < 4.78 is 16.8. The van der Waals surface area contributed by atoms with Crippen molar-refractivity contribution in [3.05, 3.63) is 23.8 Å². The van der Waals surface area contributed by atoms with Gasteiger partial charge in [0.15, 0.2) is 0 Å². The van der Waals surface area contributed by atoms with Crippen molar-refractivity contribution in [1.29, 1.82) is 0 Å². The van der Waals surface area contributed by atoms with Gasteiger partial charge in [-0.2, -0.15) is 0 Å². The number of rotatable bonds is 8. The highest BCUT2D eigenvalue weighted by molar-refractivity contribution is 5.40. The van der Waals surface area contributed by atoms with Crippen LogP contribution in [0, 0.1) is 0 Å². The number of hydrogen-bond acceptors (Lipinski definition) is 4. The van der Waals surface area contributed by atoms with Gasteiger partial charge in [-0.3, -0.25) is 0 Å². The van der Waals surface area contributed by atoms with Crippen molar-refractivity contribution in [3.63, 3.8) is 0 Å². The molecule has 0 spiro atoms. The minimum Gasteiger partial charge on any atom is -0.497 e. The van der Waals surface area contributed by atoms with Gasteiger partial charge in [-0.05, 0) is 50.9 Å². The van der Waals surface area contributed by atoms with E-state index in [0.29, 0.717) is 6.10 Å². The van der Waals surface area contributed by atoms with Crippen molar-refractivity contribution < 1.29 is 14.2 Å². The summed E-state index contributed by atoms with van der Waals surface area (Å²) in [6, 6.07) is 5.94. The molecule has 1 N–H and O–H groups in total. The Hall–Kier alpha value is -1.26. The van der Waals surface area contributed by atoms with Gasteiger partial charge in [0.1, 0.15) is 11.5 Å². The largest absolute Gasteiger partial charge is 0.497 e. The molecule has 4 nitrogen and oxygen atoms in total. The molecule has 4 heteroatoms. The van der Waals surface area contributed by atoms with E-state index in [1.165, 1.54) is 12.8 Å². The van der Waals surface area contributed by atoms with Crippen LogP contribution < -0.4 is 14.8 Å². The Balaban J connectivity index is 1.81.